The molecule has 1 saturated heterocycles. The number of nitrogens with zero attached hydrogens (tertiary/aromatic N) is 1. The molecule has 3 rings (SSSR count). The van der Waals surface area contributed by atoms with Crippen molar-refractivity contribution in [1.82, 2.24) is 0 Å². The van der Waals surface area contributed by atoms with Gasteiger partial charge in [-0.25, -0.2) is 4.39 Å². The summed E-state index contributed by atoms with van der Waals surface area (Å²) in [5.41, 5.74) is 0.870. The Morgan fingerprint density at radius 3 is 2.55 bits per heavy atom. The molecule has 1 fully saturated rings. The second kappa shape index (κ2) is 4.56. The molecule has 0 aliphatic carbocycles. The topological polar surface area (TPSA) is 58.6 Å². The van der Waals surface area contributed by atoms with E-state index in [4.69, 9.17) is 4.74 Å². The zero-order chi connectivity index (χ0) is 14.4. The van der Waals surface area contributed by atoms with Gasteiger partial charge in [0.15, 0.2) is 0 Å². The fourth-order valence-electron chi connectivity index (χ4n) is 2.77. The van der Waals surface area contributed by atoms with Gasteiger partial charge in [0.1, 0.15) is 5.82 Å². The largest absolute Gasteiger partial charge is 0.372 e. The summed E-state index contributed by atoms with van der Waals surface area (Å²) in [7, 11) is 0. The Kier molecular flexibility index (Phi) is 2.97. The molecule has 2 heterocycles. The van der Waals surface area contributed by atoms with Crippen molar-refractivity contribution in [3.63, 3.8) is 0 Å². The van der Waals surface area contributed by atoms with Gasteiger partial charge in [-0.15, -0.1) is 0 Å². The first-order valence-electron chi connectivity index (χ1n) is 6.55. The lowest BCUT2D eigenvalue weighted by Crippen LogP contribution is -2.45. The minimum absolute atomic E-state index is 0.00243. The molecule has 1 aromatic rings. The second-order valence-electron chi connectivity index (χ2n) is 5.29. The average Bonchev–Trinajstić information content (AvgIpc) is 2.63. The SMILES string of the molecule is CC1CN(c2cc3c(cc2F)C(=O)C(=O)N3)CC(C)O1. The van der Waals surface area contributed by atoms with Crippen LogP contribution in [-0.4, -0.2) is 37.0 Å². The van der Waals surface area contributed by atoms with E-state index < -0.39 is 17.5 Å². The Balaban J connectivity index is 1.97. The first-order chi connectivity index (χ1) is 9.45. The number of Topliss-reactive ketones (excluding diaryl/α,β-unsaturated/α-hetero) is 1. The monoisotopic (exact) mass is 278 g/mol. The highest BCUT2D eigenvalue weighted by Crippen LogP contribution is 2.32. The first kappa shape index (κ1) is 13.1. The fourth-order valence-corrected chi connectivity index (χ4v) is 2.77. The molecule has 2 unspecified atom stereocenters. The molecular formula is C14H15FN2O3. The number of benzene rings is 1. The molecule has 6 heteroatoms. The van der Waals surface area contributed by atoms with Gasteiger partial charge in [-0.2, -0.15) is 0 Å². The van der Waals surface area contributed by atoms with Gasteiger partial charge in [-0.1, -0.05) is 0 Å². The summed E-state index contributed by atoms with van der Waals surface area (Å²) in [4.78, 5) is 24.7. The van der Waals surface area contributed by atoms with E-state index in [2.05, 4.69) is 5.32 Å². The van der Waals surface area contributed by atoms with Crippen molar-refractivity contribution >= 4 is 23.1 Å². The third-order valence-corrected chi connectivity index (χ3v) is 3.55. The molecule has 0 radical (unpaired) electrons. The summed E-state index contributed by atoms with van der Waals surface area (Å²) >= 11 is 0. The van der Waals surface area contributed by atoms with Gasteiger partial charge in [0.25, 0.3) is 11.7 Å². The summed E-state index contributed by atoms with van der Waals surface area (Å²) in [5.74, 6) is -1.88. The summed E-state index contributed by atoms with van der Waals surface area (Å²) < 4.78 is 19.8. The van der Waals surface area contributed by atoms with Gasteiger partial charge in [0.05, 0.1) is 29.1 Å². The van der Waals surface area contributed by atoms with Gasteiger partial charge in [-0.3, -0.25) is 9.59 Å². The lowest BCUT2D eigenvalue weighted by molar-refractivity contribution is -0.112. The number of anilines is 2. The number of halogens is 1. The molecule has 2 atom stereocenters. The standard InChI is InChI=1S/C14H15FN2O3/c1-7-5-17(6-8(2)20-7)12-4-11-9(3-10(12)15)13(18)14(19)16-11/h3-4,7-8H,5-6H2,1-2H3,(H,16,18,19). The second-order valence-corrected chi connectivity index (χ2v) is 5.29. The molecule has 20 heavy (non-hydrogen) atoms. The zero-order valence-electron chi connectivity index (χ0n) is 11.3. The van der Waals surface area contributed by atoms with Crippen LogP contribution in [0, 0.1) is 5.82 Å². The molecule has 2 aliphatic rings. The number of hydrogen-bond donors (Lipinski definition) is 1. The van der Waals surface area contributed by atoms with Crippen molar-refractivity contribution < 1.29 is 18.7 Å². The maximum absolute atomic E-state index is 14.2. The van der Waals surface area contributed by atoms with Crippen molar-refractivity contribution in [3.8, 4) is 0 Å². The number of carbonyl (C=O) groups is 2. The lowest BCUT2D eigenvalue weighted by atomic mass is 10.1. The normalized spacial score (nSPS) is 25.6. The van der Waals surface area contributed by atoms with E-state index in [0.717, 1.165) is 6.07 Å². The molecule has 0 saturated carbocycles. The van der Waals surface area contributed by atoms with Crippen LogP contribution in [0.3, 0.4) is 0 Å². The van der Waals surface area contributed by atoms with Crippen LogP contribution in [0.1, 0.15) is 24.2 Å². The van der Waals surface area contributed by atoms with E-state index in [1.165, 1.54) is 6.07 Å². The van der Waals surface area contributed by atoms with Crippen molar-refractivity contribution in [1.29, 1.82) is 0 Å². The Labute approximate surface area is 115 Å². The highest BCUT2D eigenvalue weighted by atomic mass is 19.1. The number of fused-ring (bicyclic) bond motifs is 1. The number of morpholine rings is 1. The predicted octanol–water partition coefficient (Wildman–Crippen LogP) is 1.57. The number of rotatable bonds is 1. The molecular weight excluding hydrogens is 263 g/mol. The van der Waals surface area contributed by atoms with Gasteiger partial charge < -0.3 is 15.0 Å². The Hall–Kier alpha value is -1.95. The molecule has 0 bridgehead atoms. The van der Waals surface area contributed by atoms with Gasteiger partial charge in [0.2, 0.25) is 0 Å². The number of amides is 1. The van der Waals surface area contributed by atoms with Crippen molar-refractivity contribution in [2.24, 2.45) is 0 Å². The number of hydrogen-bond acceptors (Lipinski definition) is 4. The zero-order valence-corrected chi connectivity index (χ0v) is 11.3. The smallest absolute Gasteiger partial charge is 0.296 e. The van der Waals surface area contributed by atoms with Crippen LogP contribution in [-0.2, 0) is 9.53 Å². The van der Waals surface area contributed by atoms with E-state index >= 15 is 0 Å². The maximum atomic E-state index is 14.2. The highest BCUT2D eigenvalue weighted by Gasteiger charge is 2.31. The van der Waals surface area contributed by atoms with E-state index in [0.29, 0.717) is 24.5 Å². The van der Waals surface area contributed by atoms with Crippen molar-refractivity contribution in [2.75, 3.05) is 23.3 Å². The quantitative estimate of drug-likeness (QED) is 0.792. The van der Waals surface area contributed by atoms with E-state index in [1.54, 1.807) is 0 Å². The van der Waals surface area contributed by atoms with E-state index in [9.17, 15) is 14.0 Å². The minimum Gasteiger partial charge on any atom is -0.372 e. The first-order valence-corrected chi connectivity index (χ1v) is 6.55. The third-order valence-electron chi connectivity index (χ3n) is 3.55. The van der Waals surface area contributed by atoms with Gasteiger partial charge >= 0.3 is 0 Å². The molecule has 1 aromatic carbocycles. The third kappa shape index (κ3) is 2.06. The van der Waals surface area contributed by atoms with Crippen LogP contribution in [0.2, 0.25) is 0 Å². The number of nitrogens with one attached hydrogen (secondary N) is 1. The van der Waals surface area contributed by atoms with Crippen molar-refractivity contribution in [2.45, 2.75) is 26.1 Å². The van der Waals surface area contributed by atoms with Crippen LogP contribution in [0.15, 0.2) is 12.1 Å². The average molecular weight is 278 g/mol. The van der Waals surface area contributed by atoms with Crippen LogP contribution >= 0.6 is 0 Å². The summed E-state index contributed by atoms with van der Waals surface area (Å²) in [6.45, 7) is 5.00. The van der Waals surface area contributed by atoms with E-state index in [-0.39, 0.29) is 17.8 Å². The molecule has 2 aliphatic heterocycles. The summed E-state index contributed by atoms with van der Waals surface area (Å²) in [5, 5.41) is 2.46. The highest BCUT2D eigenvalue weighted by molar-refractivity contribution is 6.51. The number of ether oxygens (including phenoxy) is 1. The molecule has 0 spiro atoms. The predicted molar refractivity (Wildman–Crippen MR) is 71.6 cm³/mol. The number of carbonyl (C=O) groups excluding carboxylic acids is 2. The number of ketones is 1. The molecule has 1 amide bonds. The van der Waals surface area contributed by atoms with Gasteiger partial charge in [-0.05, 0) is 26.0 Å². The summed E-state index contributed by atoms with van der Waals surface area (Å²) in [6.07, 6.45) is 0.00487. The van der Waals surface area contributed by atoms with Crippen LogP contribution in [0.5, 0.6) is 0 Å². The lowest BCUT2D eigenvalue weighted by Gasteiger charge is -2.37. The summed E-state index contributed by atoms with van der Waals surface area (Å²) in [6, 6.07) is 2.66. The van der Waals surface area contributed by atoms with Crippen LogP contribution < -0.4 is 10.2 Å². The van der Waals surface area contributed by atoms with Crippen molar-refractivity contribution in [3.05, 3.63) is 23.5 Å². The molecule has 0 aromatic heterocycles. The molecule has 106 valence electrons. The van der Waals surface area contributed by atoms with Crippen LogP contribution in [0.4, 0.5) is 15.8 Å². The fraction of sp³-hybridized carbons (Fsp3) is 0.429. The van der Waals surface area contributed by atoms with Crippen LogP contribution in [0.25, 0.3) is 0 Å². The Morgan fingerprint density at radius 1 is 1.25 bits per heavy atom. The van der Waals surface area contributed by atoms with E-state index in [1.807, 2.05) is 18.7 Å². The minimum atomic E-state index is -0.708. The Bertz CT molecular complexity index is 592. The van der Waals surface area contributed by atoms with Gasteiger partial charge in [0, 0.05) is 13.1 Å². The molecule has 5 nitrogen and oxygen atoms in total. The maximum Gasteiger partial charge on any atom is 0.296 e. The Morgan fingerprint density at radius 2 is 1.90 bits per heavy atom. The molecule has 1 N–H and O–H groups in total.